The fourth-order valence-corrected chi connectivity index (χ4v) is 2.16. The first-order chi connectivity index (χ1) is 10.4. The SMILES string of the molecule is O=C(CBr)c1ccc(C(F)(F)F)cc1OCc1ccccc1. The van der Waals surface area contributed by atoms with Crippen molar-refractivity contribution in [2.45, 2.75) is 12.8 Å². The Hall–Kier alpha value is -1.82. The largest absolute Gasteiger partial charge is 0.488 e. The highest BCUT2D eigenvalue weighted by molar-refractivity contribution is 9.09. The number of carbonyl (C=O) groups excluding carboxylic acids is 1. The van der Waals surface area contributed by atoms with Crippen molar-refractivity contribution in [2.24, 2.45) is 0 Å². The highest BCUT2D eigenvalue weighted by atomic mass is 79.9. The first kappa shape index (κ1) is 16.5. The number of benzene rings is 2. The van der Waals surface area contributed by atoms with Gasteiger partial charge in [0.15, 0.2) is 5.78 Å². The molecule has 6 heteroatoms. The molecule has 116 valence electrons. The lowest BCUT2D eigenvalue weighted by molar-refractivity contribution is -0.137. The summed E-state index contributed by atoms with van der Waals surface area (Å²) in [5, 5.41) is 0.0139. The number of ketones is 1. The number of Topliss-reactive ketones (excluding diaryl/α,β-unsaturated/α-hetero) is 1. The predicted molar refractivity (Wildman–Crippen MR) is 80.3 cm³/mol. The highest BCUT2D eigenvalue weighted by Crippen LogP contribution is 2.33. The number of halogens is 4. The topological polar surface area (TPSA) is 26.3 Å². The van der Waals surface area contributed by atoms with Crippen LogP contribution >= 0.6 is 15.9 Å². The minimum absolute atomic E-state index is 0.0139. The highest BCUT2D eigenvalue weighted by Gasteiger charge is 2.31. The van der Waals surface area contributed by atoms with Crippen molar-refractivity contribution in [3.05, 3.63) is 65.2 Å². The molecule has 0 radical (unpaired) electrons. The van der Waals surface area contributed by atoms with Crippen LogP contribution in [0.1, 0.15) is 21.5 Å². The minimum atomic E-state index is -4.49. The first-order valence-electron chi connectivity index (χ1n) is 6.39. The molecule has 0 bridgehead atoms. The molecule has 0 aliphatic carbocycles. The lowest BCUT2D eigenvalue weighted by Gasteiger charge is -2.14. The molecule has 0 saturated heterocycles. The number of ether oxygens (including phenoxy) is 1. The molecule has 0 N–H and O–H groups in total. The van der Waals surface area contributed by atoms with E-state index >= 15 is 0 Å². The second-order valence-corrected chi connectivity index (χ2v) is 5.10. The summed E-state index contributed by atoms with van der Waals surface area (Å²) in [6, 6.07) is 11.9. The second-order valence-electron chi connectivity index (χ2n) is 4.54. The molecule has 0 aliphatic rings. The average molecular weight is 373 g/mol. The third-order valence-corrected chi connectivity index (χ3v) is 3.48. The Kier molecular flexibility index (Phi) is 5.24. The molecule has 0 saturated carbocycles. The van der Waals surface area contributed by atoms with Crippen molar-refractivity contribution in [1.82, 2.24) is 0 Å². The van der Waals surface area contributed by atoms with E-state index in [4.69, 9.17) is 4.74 Å². The van der Waals surface area contributed by atoms with Crippen LogP contribution in [-0.2, 0) is 12.8 Å². The lowest BCUT2D eigenvalue weighted by atomic mass is 10.1. The summed E-state index contributed by atoms with van der Waals surface area (Å²) in [6.07, 6.45) is -4.49. The molecule has 0 aliphatic heterocycles. The Bertz CT molecular complexity index is 654. The molecule has 22 heavy (non-hydrogen) atoms. The van der Waals surface area contributed by atoms with E-state index in [9.17, 15) is 18.0 Å². The van der Waals surface area contributed by atoms with Crippen LogP contribution in [0.15, 0.2) is 48.5 Å². The van der Waals surface area contributed by atoms with Gasteiger partial charge in [0.25, 0.3) is 0 Å². The van der Waals surface area contributed by atoms with E-state index in [2.05, 4.69) is 15.9 Å². The maximum absolute atomic E-state index is 12.8. The normalized spacial score (nSPS) is 11.3. The van der Waals surface area contributed by atoms with E-state index in [-0.39, 0.29) is 29.0 Å². The molecular formula is C16H12BrF3O2. The Morgan fingerprint density at radius 1 is 1.09 bits per heavy atom. The Labute approximate surface area is 134 Å². The van der Waals surface area contributed by atoms with Crippen molar-refractivity contribution in [3.63, 3.8) is 0 Å². The summed E-state index contributed by atoms with van der Waals surface area (Å²) in [5.74, 6) is -0.403. The molecule has 0 fully saturated rings. The van der Waals surface area contributed by atoms with Gasteiger partial charge in [-0.3, -0.25) is 4.79 Å². The minimum Gasteiger partial charge on any atom is -0.488 e. The maximum Gasteiger partial charge on any atom is 0.416 e. The molecule has 0 spiro atoms. The van der Waals surface area contributed by atoms with Crippen molar-refractivity contribution >= 4 is 21.7 Å². The number of hydrogen-bond donors (Lipinski definition) is 0. The van der Waals surface area contributed by atoms with Crippen LogP contribution in [0, 0.1) is 0 Å². The van der Waals surface area contributed by atoms with E-state index < -0.39 is 11.7 Å². The van der Waals surface area contributed by atoms with Gasteiger partial charge in [0, 0.05) is 0 Å². The fourth-order valence-electron chi connectivity index (χ4n) is 1.86. The van der Waals surface area contributed by atoms with E-state index in [0.717, 1.165) is 23.8 Å². The Balaban J connectivity index is 2.31. The molecule has 0 atom stereocenters. The smallest absolute Gasteiger partial charge is 0.416 e. The lowest BCUT2D eigenvalue weighted by Crippen LogP contribution is -2.10. The van der Waals surface area contributed by atoms with Gasteiger partial charge in [-0.2, -0.15) is 13.2 Å². The van der Waals surface area contributed by atoms with Gasteiger partial charge >= 0.3 is 6.18 Å². The van der Waals surface area contributed by atoms with Crippen LogP contribution in [0.4, 0.5) is 13.2 Å². The summed E-state index contributed by atoms with van der Waals surface area (Å²) in [4.78, 5) is 11.8. The van der Waals surface area contributed by atoms with Gasteiger partial charge in [-0.05, 0) is 23.8 Å². The Morgan fingerprint density at radius 2 is 1.77 bits per heavy atom. The van der Waals surface area contributed by atoms with Crippen molar-refractivity contribution in [3.8, 4) is 5.75 Å². The van der Waals surface area contributed by atoms with Gasteiger partial charge in [0.2, 0.25) is 0 Å². The predicted octanol–water partition coefficient (Wildman–Crippen LogP) is 4.86. The number of carbonyl (C=O) groups is 1. The first-order valence-corrected chi connectivity index (χ1v) is 7.51. The molecule has 0 heterocycles. The zero-order valence-electron chi connectivity index (χ0n) is 11.4. The van der Waals surface area contributed by atoms with Gasteiger partial charge in [-0.25, -0.2) is 0 Å². The van der Waals surface area contributed by atoms with Gasteiger partial charge in [0.1, 0.15) is 12.4 Å². The second kappa shape index (κ2) is 6.96. The molecule has 0 unspecified atom stereocenters. The average Bonchev–Trinajstić information content (AvgIpc) is 2.52. The summed E-state index contributed by atoms with van der Waals surface area (Å²) in [7, 11) is 0. The van der Waals surface area contributed by atoms with Gasteiger partial charge in [-0.1, -0.05) is 46.3 Å². The number of alkyl halides is 4. The Morgan fingerprint density at radius 3 is 2.36 bits per heavy atom. The zero-order chi connectivity index (χ0) is 16.2. The summed E-state index contributed by atoms with van der Waals surface area (Å²) in [6.45, 7) is 0.0880. The fraction of sp³-hybridized carbons (Fsp3) is 0.188. The standard InChI is InChI=1S/C16H12BrF3O2/c17-9-14(21)13-7-6-12(16(18,19)20)8-15(13)22-10-11-4-2-1-3-5-11/h1-8H,9-10H2. The summed E-state index contributed by atoms with van der Waals surface area (Å²) in [5.41, 5.74) is 0.0830. The third-order valence-electron chi connectivity index (χ3n) is 2.97. The molecular weight excluding hydrogens is 361 g/mol. The van der Waals surface area contributed by atoms with Gasteiger partial charge in [-0.15, -0.1) is 0 Å². The zero-order valence-corrected chi connectivity index (χ0v) is 12.9. The monoisotopic (exact) mass is 372 g/mol. The van der Waals surface area contributed by atoms with Gasteiger partial charge < -0.3 is 4.74 Å². The quantitative estimate of drug-likeness (QED) is 0.553. The summed E-state index contributed by atoms with van der Waals surface area (Å²) >= 11 is 3.01. The van der Waals surface area contributed by atoms with Gasteiger partial charge in [0.05, 0.1) is 16.5 Å². The molecule has 2 aromatic carbocycles. The van der Waals surface area contributed by atoms with E-state index in [1.54, 1.807) is 24.3 Å². The molecule has 0 amide bonds. The van der Waals surface area contributed by atoms with Crippen molar-refractivity contribution in [2.75, 3.05) is 5.33 Å². The van der Waals surface area contributed by atoms with Crippen LogP contribution in [-0.4, -0.2) is 11.1 Å². The van der Waals surface area contributed by atoms with E-state index in [1.807, 2.05) is 6.07 Å². The molecule has 2 rings (SSSR count). The van der Waals surface area contributed by atoms with Crippen LogP contribution < -0.4 is 4.74 Å². The number of hydrogen-bond acceptors (Lipinski definition) is 2. The molecule has 2 nitrogen and oxygen atoms in total. The molecule has 2 aromatic rings. The van der Waals surface area contributed by atoms with Crippen molar-refractivity contribution < 1.29 is 22.7 Å². The summed E-state index contributed by atoms with van der Waals surface area (Å²) < 4.78 is 43.8. The van der Waals surface area contributed by atoms with Crippen molar-refractivity contribution in [1.29, 1.82) is 0 Å². The third kappa shape index (κ3) is 4.10. The number of rotatable bonds is 5. The van der Waals surface area contributed by atoms with Crippen LogP contribution in [0.5, 0.6) is 5.75 Å². The van der Waals surface area contributed by atoms with Crippen LogP contribution in [0.25, 0.3) is 0 Å². The van der Waals surface area contributed by atoms with E-state index in [1.165, 1.54) is 0 Å². The van der Waals surface area contributed by atoms with Crippen LogP contribution in [0.2, 0.25) is 0 Å². The van der Waals surface area contributed by atoms with E-state index in [0.29, 0.717) is 0 Å². The molecule has 0 aromatic heterocycles. The maximum atomic E-state index is 12.8. The van der Waals surface area contributed by atoms with Crippen LogP contribution in [0.3, 0.4) is 0 Å².